The molecule has 1 fully saturated rings. The topological polar surface area (TPSA) is 130 Å². The van der Waals surface area contributed by atoms with Crippen LogP contribution >= 0.6 is 15.9 Å². The lowest BCUT2D eigenvalue weighted by Gasteiger charge is -2.43. The van der Waals surface area contributed by atoms with Crippen LogP contribution in [0, 0.1) is 0 Å². The van der Waals surface area contributed by atoms with E-state index in [0.29, 0.717) is 23.2 Å². The van der Waals surface area contributed by atoms with Crippen LogP contribution in [-0.2, 0) is 22.9 Å². The quantitative estimate of drug-likeness (QED) is 0.365. The predicted molar refractivity (Wildman–Crippen MR) is 120 cm³/mol. The van der Waals surface area contributed by atoms with Gasteiger partial charge in [0.1, 0.15) is 12.2 Å². The number of hydrogen-bond donors (Lipinski definition) is 5. The van der Waals surface area contributed by atoms with Crippen molar-refractivity contribution in [3.05, 3.63) is 58.1 Å². The smallest absolute Gasteiger partial charge is 0.175 e. The van der Waals surface area contributed by atoms with Gasteiger partial charge in [-0.15, -0.1) is 0 Å². The number of aliphatic hydroxyl groups excluding tert-OH is 4. The molecule has 0 radical (unpaired) electrons. The Morgan fingerprint density at radius 3 is 2.32 bits per heavy atom. The molecule has 5 N–H and O–H groups in total. The fraction of sp³-hybridized carbons (Fsp3) is 0.429. The summed E-state index contributed by atoms with van der Waals surface area (Å²) in [6, 6.07) is 12.0. The van der Waals surface area contributed by atoms with Gasteiger partial charge in [-0.1, -0.05) is 40.2 Å². The van der Waals surface area contributed by atoms with Crippen LogP contribution in [0.2, 0.25) is 0 Å². The van der Waals surface area contributed by atoms with Crippen LogP contribution in [0.3, 0.4) is 0 Å². The maximum absolute atomic E-state index is 11.8. The summed E-state index contributed by atoms with van der Waals surface area (Å²) in [5, 5.41) is 42.7. The van der Waals surface area contributed by atoms with Crippen LogP contribution in [0.1, 0.15) is 11.1 Å². The van der Waals surface area contributed by atoms with Crippen LogP contribution < -0.4 is 5.32 Å². The lowest BCUT2D eigenvalue weighted by molar-refractivity contribution is -0.147. The maximum Gasteiger partial charge on any atom is 0.175 e. The van der Waals surface area contributed by atoms with Gasteiger partial charge >= 0.3 is 0 Å². The van der Waals surface area contributed by atoms with Crippen LogP contribution in [0.5, 0.6) is 0 Å². The van der Waals surface area contributed by atoms with Gasteiger partial charge in [0.15, 0.2) is 9.84 Å². The van der Waals surface area contributed by atoms with Gasteiger partial charge in [0.05, 0.1) is 23.6 Å². The Morgan fingerprint density at radius 1 is 1.06 bits per heavy atom. The molecule has 2 aromatic carbocycles. The summed E-state index contributed by atoms with van der Waals surface area (Å²) < 4.78 is 24.3. The fourth-order valence-electron chi connectivity index (χ4n) is 3.64. The number of nitrogens with one attached hydrogen (secondary N) is 1. The third-order valence-electron chi connectivity index (χ3n) is 5.42. The molecule has 10 heteroatoms. The molecule has 2 aromatic rings. The van der Waals surface area contributed by atoms with Gasteiger partial charge < -0.3 is 25.7 Å². The molecule has 1 heterocycles. The first-order valence-electron chi connectivity index (χ1n) is 9.80. The zero-order valence-corrected chi connectivity index (χ0v) is 19.4. The zero-order chi connectivity index (χ0) is 22.8. The third-order valence-corrected chi connectivity index (χ3v) is 6.97. The van der Waals surface area contributed by atoms with Crippen LogP contribution in [0.25, 0.3) is 0 Å². The molecule has 0 unspecified atom stereocenters. The van der Waals surface area contributed by atoms with Crippen LogP contribution in [-0.4, -0.2) is 77.5 Å². The summed E-state index contributed by atoms with van der Waals surface area (Å²) in [5.41, 5.74) is 2.59. The van der Waals surface area contributed by atoms with Gasteiger partial charge in [-0.25, -0.2) is 8.42 Å². The molecule has 170 valence electrons. The Hall–Kier alpha value is -1.53. The Bertz CT molecular complexity index is 1000. The molecule has 1 aliphatic heterocycles. The minimum atomic E-state index is -3.31. The highest BCUT2D eigenvalue weighted by molar-refractivity contribution is 9.10. The summed E-state index contributed by atoms with van der Waals surface area (Å²) in [6.07, 6.45) is -2.41. The number of likely N-dealkylation sites (tertiary alicyclic amines) is 1. The third kappa shape index (κ3) is 6.04. The molecule has 1 aliphatic rings. The number of benzene rings is 2. The number of halogens is 1. The number of anilines is 1. The highest BCUT2D eigenvalue weighted by Crippen LogP contribution is 2.24. The predicted octanol–water partition coefficient (Wildman–Crippen LogP) is 0.724. The summed E-state index contributed by atoms with van der Waals surface area (Å²) in [4.78, 5) is 1.98. The number of nitrogens with zero attached hydrogens (tertiary/aromatic N) is 1. The van der Waals surface area contributed by atoms with Crippen molar-refractivity contribution in [1.82, 2.24) is 4.90 Å². The van der Waals surface area contributed by atoms with Crippen molar-refractivity contribution < 1.29 is 28.8 Å². The molecule has 8 nitrogen and oxygen atoms in total. The van der Waals surface area contributed by atoms with E-state index in [-0.39, 0.29) is 18.0 Å². The molecule has 0 saturated carbocycles. The van der Waals surface area contributed by atoms with E-state index in [0.717, 1.165) is 11.1 Å². The monoisotopic (exact) mass is 514 g/mol. The van der Waals surface area contributed by atoms with Gasteiger partial charge in [0.2, 0.25) is 0 Å². The van der Waals surface area contributed by atoms with Crippen molar-refractivity contribution in [2.45, 2.75) is 42.3 Å². The first-order valence-corrected chi connectivity index (χ1v) is 12.5. The fourth-order valence-corrected chi connectivity index (χ4v) is 4.97. The molecule has 3 rings (SSSR count). The number of piperidine rings is 1. The van der Waals surface area contributed by atoms with E-state index in [2.05, 4.69) is 21.2 Å². The first-order chi connectivity index (χ1) is 14.6. The largest absolute Gasteiger partial charge is 0.395 e. The van der Waals surface area contributed by atoms with Crippen LogP contribution in [0.15, 0.2) is 51.8 Å². The minimum Gasteiger partial charge on any atom is -0.395 e. The molecular weight excluding hydrogens is 488 g/mol. The van der Waals surface area contributed by atoms with E-state index in [9.17, 15) is 28.8 Å². The van der Waals surface area contributed by atoms with Gasteiger partial charge in [0, 0.05) is 36.1 Å². The average Bonchev–Trinajstić information content (AvgIpc) is 2.71. The maximum atomic E-state index is 11.8. The lowest BCUT2D eigenvalue weighted by atomic mass is 9.93. The van der Waals surface area contributed by atoms with E-state index in [1.54, 1.807) is 23.1 Å². The molecule has 4 atom stereocenters. The number of hydrogen-bond acceptors (Lipinski definition) is 8. The molecule has 31 heavy (non-hydrogen) atoms. The van der Waals surface area contributed by atoms with Gasteiger partial charge in [-0.05, 0) is 29.3 Å². The van der Waals surface area contributed by atoms with E-state index in [1.807, 2.05) is 24.3 Å². The average molecular weight is 515 g/mol. The second-order valence-electron chi connectivity index (χ2n) is 7.85. The summed E-state index contributed by atoms with van der Waals surface area (Å²) >= 11 is 3.33. The SMILES string of the molecule is CS(=O)(=O)c1cc(Br)cc(NCc2ccc(CN3C[C@H](O)[C@@H](O)[C@H](O)[C@H]3CO)cc2)c1. The molecule has 0 bridgehead atoms. The standard InChI is InChI=1S/C21H27BrN2O6S/c1-31(29,30)17-7-15(22)6-16(8-17)23-9-13-2-4-14(5-3-13)10-24-11-19(26)21(28)20(27)18(24)12-25/h2-8,18-21,23,25-28H,9-12H2,1H3/t18-,19+,20-,21-/m1/s1. The molecular formula is C21H27BrN2O6S. The highest BCUT2D eigenvalue weighted by atomic mass is 79.9. The van der Waals surface area contributed by atoms with Crippen molar-refractivity contribution in [2.24, 2.45) is 0 Å². The number of rotatable bonds is 7. The molecule has 1 saturated heterocycles. The van der Waals surface area contributed by atoms with Crippen molar-refractivity contribution in [1.29, 1.82) is 0 Å². The summed E-state index contributed by atoms with van der Waals surface area (Å²) in [6.45, 7) is 0.725. The number of β-amino-alcohol motifs (C(OH)–C–C–N with tert-alkyl or cyclic N) is 1. The van der Waals surface area contributed by atoms with E-state index in [1.165, 1.54) is 6.26 Å². The Balaban J connectivity index is 1.64. The van der Waals surface area contributed by atoms with Gasteiger partial charge in [-0.3, -0.25) is 4.90 Å². The highest BCUT2D eigenvalue weighted by Gasteiger charge is 2.40. The molecule has 0 amide bonds. The van der Waals surface area contributed by atoms with Crippen molar-refractivity contribution in [3.63, 3.8) is 0 Å². The van der Waals surface area contributed by atoms with Crippen molar-refractivity contribution >= 4 is 31.5 Å². The van der Waals surface area contributed by atoms with Gasteiger partial charge in [-0.2, -0.15) is 0 Å². The molecule has 0 aliphatic carbocycles. The summed E-state index contributed by atoms with van der Waals surface area (Å²) in [5.74, 6) is 0. The first kappa shape index (κ1) is 24.1. The minimum absolute atomic E-state index is 0.151. The van der Waals surface area contributed by atoms with Crippen molar-refractivity contribution in [3.8, 4) is 0 Å². The molecule has 0 spiro atoms. The second kappa shape index (κ2) is 9.95. The number of sulfone groups is 1. The lowest BCUT2D eigenvalue weighted by Crippen LogP contribution is -2.62. The van der Waals surface area contributed by atoms with Gasteiger partial charge in [0.25, 0.3) is 0 Å². The summed E-state index contributed by atoms with van der Waals surface area (Å²) in [7, 11) is -3.31. The van der Waals surface area contributed by atoms with E-state index < -0.39 is 34.2 Å². The number of aliphatic hydroxyl groups is 4. The van der Waals surface area contributed by atoms with E-state index in [4.69, 9.17) is 0 Å². The molecule has 0 aromatic heterocycles. The van der Waals surface area contributed by atoms with Crippen molar-refractivity contribution in [2.75, 3.05) is 24.7 Å². The Morgan fingerprint density at radius 2 is 1.71 bits per heavy atom. The van der Waals surface area contributed by atoms with E-state index >= 15 is 0 Å². The Labute approximate surface area is 190 Å². The second-order valence-corrected chi connectivity index (χ2v) is 10.8. The van der Waals surface area contributed by atoms with Crippen LogP contribution in [0.4, 0.5) is 5.69 Å². The Kier molecular flexibility index (Phi) is 7.74. The zero-order valence-electron chi connectivity index (χ0n) is 17.0. The normalized spacial score (nSPS) is 24.8.